The zero-order chi connectivity index (χ0) is 15.6. The lowest BCUT2D eigenvalue weighted by Crippen LogP contribution is -2.45. The molecule has 0 spiro atoms. The summed E-state index contributed by atoms with van der Waals surface area (Å²) in [5.74, 6) is -0.441. The molecule has 0 saturated heterocycles. The summed E-state index contributed by atoms with van der Waals surface area (Å²) in [4.78, 5) is 28.7. The molecule has 116 valence electrons. The van der Waals surface area contributed by atoms with Crippen LogP contribution >= 0.6 is 11.3 Å². The summed E-state index contributed by atoms with van der Waals surface area (Å²) in [6.45, 7) is 6.00. The second-order valence-electron chi connectivity index (χ2n) is 6.10. The monoisotopic (exact) mass is 310 g/mol. The van der Waals surface area contributed by atoms with Gasteiger partial charge in [-0.25, -0.2) is 4.98 Å². The van der Waals surface area contributed by atoms with Gasteiger partial charge in [0.2, 0.25) is 0 Å². The molecule has 1 aromatic heterocycles. The summed E-state index contributed by atoms with van der Waals surface area (Å²) in [6, 6.07) is 0. The molecule has 0 bridgehead atoms. The van der Waals surface area contributed by atoms with Crippen LogP contribution in [-0.4, -0.2) is 28.5 Å². The van der Waals surface area contributed by atoms with Crippen molar-refractivity contribution in [3.8, 4) is 0 Å². The van der Waals surface area contributed by atoms with E-state index >= 15 is 0 Å². The van der Waals surface area contributed by atoms with E-state index in [0.717, 1.165) is 17.8 Å². The highest BCUT2D eigenvalue weighted by Gasteiger charge is 2.41. The van der Waals surface area contributed by atoms with E-state index in [0.29, 0.717) is 29.3 Å². The SMILES string of the molecule is Cc1nc(C)c(C(=O)NCC2(C(=O)O)CCC(C)CC2)s1. The molecule has 1 heterocycles. The van der Waals surface area contributed by atoms with E-state index in [2.05, 4.69) is 17.2 Å². The van der Waals surface area contributed by atoms with Gasteiger partial charge in [0.1, 0.15) is 4.88 Å². The second-order valence-corrected chi connectivity index (χ2v) is 7.30. The molecule has 1 amide bonds. The van der Waals surface area contributed by atoms with Crippen LogP contribution in [-0.2, 0) is 4.79 Å². The summed E-state index contributed by atoms with van der Waals surface area (Å²) < 4.78 is 0. The molecule has 6 heteroatoms. The van der Waals surface area contributed by atoms with Crippen molar-refractivity contribution in [1.82, 2.24) is 10.3 Å². The zero-order valence-corrected chi connectivity index (χ0v) is 13.5. The largest absolute Gasteiger partial charge is 0.481 e. The van der Waals surface area contributed by atoms with Crippen molar-refractivity contribution in [1.29, 1.82) is 0 Å². The smallest absolute Gasteiger partial charge is 0.311 e. The second kappa shape index (κ2) is 6.13. The van der Waals surface area contributed by atoms with E-state index in [1.54, 1.807) is 6.92 Å². The molecule has 0 atom stereocenters. The number of hydrogen-bond acceptors (Lipinski definition) is 4. The molecule has 1 saturated carbocycles. The first-order valence-corrected chi connectivity index (χ1v) is 8.11. The first kappa shape index (κ1) is 15.9. The van der Waals surface area contributed by atoms with Gasteiger partial charge in [-0.15, -0.1) is 11.3 Å². The molecule has 0 unspecified atom stereocenters. The number of carboxylic acid groups (broad SMARTS) is 1. The van der Waals surface area contributed by atoms with Crippen LogP contribution in [0.4, 0.5) is 0 Å². The summed E-state index contributed by atoms with van der Waals surface area (Å²) in [5.41, 5.74) is -0.104. The minimum absolute atomic E-state index is 0.199. The fourth-order valence-electron chi connectivity index (χ4n) is 2.85. The minimum Gasteiger partial charge on any atom is -0.481 e. The maximum absolute atomic E-state index is 12.2. The van der Waals surface area contributed by atoms with Crippen molar-refractivity contribution in [2.24, 2.45) is 11.3 Å². The van der Waals surface area contributed by atoms with Gasteiger partial charge in [0.05, 0.1) is 16.1 Å². The molecule has 1 aromatic rings. The number of carbonyl (C=O) groups excluding carboxylic acids is 1. The van der Waals surface area contributed by atoms with Gasteiger partial charge in [0.25, 0.3) is 5.91 Å². The van der Waals surface area contributed by atoms with Gasteiger partial charge >= 0.3 is 5.97 Å². The van der Waals surface area contributed by atoms with Gasteiger partial charge < -0.3 is 10.4 Å². The molecule has 0 radical (unpaired) electrons. The van der Waals surface area contributed by atoms with Crippen LogP contribution in [0.1, 0.15) is 53.0 Å². The van der Waals surface area contributed by atoms with Gasteiger partial charge in [-0.2, -0.15) is 0 Å². The van der Waals surface area contributed by atoms with Crippen LogP contribution in [0.25, 0.3) is 0 Å². The van der Waals surface area contributed by atoms with Gasteiger partial charge in [0.15, 0.2) is 0 Å². The number of hydrogen-bond donors (Lipinski definition) is 2. The minimum atomic E-state index is -0.810. The van der Waals surface area contributed by atoms with Crippen molar-refractivity contribution in [3.05, 3.63) is 15.6 Å². The normalized spacial score (nSPS) is 25.6. The number of rotatable bonds is 4. The highest BCUT2D eigenvalue weighted by molar-refractivity contribution is 7.13. The topological polar surface area (TPSA) is 79.3 Å². The molecule has 0 aromatic carbocycles. The summed E-state index contributed by atoms with van der Waals surface area (Å²) in [5, 5.41) is 13.2. The van der Waals surface area contributed by atoms with Crippen LogP contribution in [0.2, 0.25) is 0 Å². The number of aryl methyl sites for hydroxylation is 2. The first-order valence-electron chi connectivity index (χ1n) is 7.30. The lowest BCUT2D eigenvalue weighted by Gasteiger charge is -2.35. The summed E-state index contributed by atoms with van der Waals surface area (Å²) in [6.07, 6.45) is 3.07. The van der Waals surface area contributed by atoms with Crippen molar-refractivity contribution >= 4 is 23.2 Å². The van der Waals surface area contributed by atoms with Crippen molar-refractivity contribution in [2.75, 3.05) is 6.54 Å². The Kier molecular flexibility index (Phi) is 4.66. The third-order valence-electron chi connectivity index (χ3n) is 4.38. The number of aliphatic carboxylic acids is 1. The average Bonchev–Trinajstić information content (AvgIpc) is 2.77. The predicted molar refractivity (Wildman–Crippen MR) is 81.6 cm³/mol. The number of aromatic nitrogens is 1. The van der Waals surface area contributed by atoms with Crippen LogP contribution in [0.15, 0.2) is 0 Å². The maximum Gasteiger partial charge on any atom is 0.311 e. The molecule has 1 aliphatic carbocycles. The van der Waals surface area contributed by atoms with Gasteiger partial charge in [0, 0.05) is 6.54 Å². The van der Waals surface area contributed by atoms with Crippen molar-refractivity contribution < 1.29 is 14.7 Å². The Labute approximate surface area is 128 Å². The Morgan fingerprint density at radius 1 is 1.38 bits per heavy atom. The van der Waals surface area contributed by atoms with Crippen LogP contribution < -0.4 is 5.32 Å². The molecule has 0 aliphatic heterocycles. The Balaban J connectivity index is 2.04. The number of carboxylic acids is 1. The Bertz CT molecular complexity index is 545. The number of carbonyl (C=O) groups is 2. The maximum atomic E-state index is 12.2. The van der Waals surface area contributed by atoms with E-state index in [-0.39, 0.29) is 12.5 Å². The lowest BCUT2D eigenvalue weighted by atomic mass is 9.71. The van der Waals surface area contributed by atoms with Crippen molar-refractivity contribution in [3.63, 3.8) is 0 Å². The van der Waals surface area contributed by atoms with E-state index in [9.17, 15) is 14.7 Å². The number of nitrogens with one attached hydrogen (secondary N) is 1. The van der Waals surface area contributed by atoms with Gasteiger partial charge in [-0.3, -0.25) is 9.59 Å². The molecule has 2 N–H and O–H groups in total. The van der Waals surface area contributed by atoms with Crippen LogP contribution in [0, 0.1) is 25.2 Å². The van der Waals surface area contributed by atoms with E-state index in [1.165, 1.54) is 11.3 Å². The quantitative estimate of drug-likeness (QED) is 0.896. The van der Waals surface area contributed by atoms with Crippen LogP contribution in [0.5, 0.6) is 0 Å². The van der Waals surface area contributed by atoms with E-state index < -0.39 is 11.4 Å². The fraction of sp³-hybridized carbons (Fsp3) is 0.667. The summed E-state index contributed by atoms with van der Waals surface area (Å²) >= 11 is 1.35. The number of thiazole rings is 1. The Morgan fingerprint density at radius 2 is 2.00 bits per heavy atom. The molecular weight excluding hydrogens is 288 g/mol. The first-order chi connectivity index (χ1) is 9.84. The highest BCUT2D eigenvalue weighted by Crippen LogP contribution is 2.38. The Hall–Kier alpha value is -1.43. The lowest BCUT2D eigenvalue weighted by molar-refractivity contribution is -0.151. The Morgan fingerprint density at radius 3 is 2.48 bits per heavy atom. The van der Waals surface area contributed by atoms with E-state index in [4.69, 9.17) is 0 Å². The third-order valence-corrected chi connectivity index (χ3v) is 5.45. The predicted octanol–water partition coefficient (Wildman–Crippen LogP) is 2.77. The van der Waals surface area contributed by atoms with Gasteiger partial charge in [-0.05, 0) is 45.4 Å². The summed E-state index contributed by atoms with van der Waals surface area (Å²) in [7, 11) is 0. The van der Waals surface area contributed by atoms with Crippen molar-refractivity contribution in [2.45, 2.75) is 46.5 Å². The van der Waals surface area contributed by atoms with Crippen LogP contribution in [0.3, 0.4) is 0 Å². The molecule has 1 aliphatic rings. The zero-order valence-electron chi connectivity index (χ0n) is 12.7. The molecule has 2 rings (SSSR count). The highest BCUT2D eigenvalue weighted by atomic mass is 32.1. The fourth-order valence-corrected chi connectivity index (χ4v) is 3.69. The average molecular weight is 310 g/mol. The molecular formula is C15H22N2O3S. The molecule has 5 nitrogen and oxygen atoms in total. The standard InChI is InChI=1S/C15H22N2O3S/c1-9-4-6-15(7-5-9,14(19)20)8-16-13(18)12-10(2)17-11(3)21-12/h9H,4-8H2,1-3H3,(H,16,18)(H,19,20). The third kappa shape index (κ3) is 3.43. The number of nitrogens with zero attached hydrogens (tertiary/aromatic N) is 1. The molecule has 21 heavy (non-hydrogen) atoms. The van der Waals surface area contributed by atoms with Gasteiger partial charge in [-0.1, -0.05) is 6.92 Å². The molecule has 1 fully saturated rings. The van der Waals surface area contributed by atoms with E-state index in [1.807, 2.05) is 6.92 Å². The number of amides is 1.